The second-order valence-electron chi connectivity index (χ2n) is 17.9. The van der Waals surface area contributed by atoms with Crippen molar-refractivity contribution in [3.8, 4) is 22.3 Å². The van der Waals surface area contributed by atoms with Crippen molar-refractivity contribution >= 4 is 212 Å². The molecule has 0 aromatic heterocycles. The van der Waals surface area contributed by atoms with Gasteiger partial charge in [0.1, 0.15) is 0 Å². The zero-order chi connectivity index (χ0) is 62.8. The Labute approximate surface area is 580 Å². The van der Waals surface area contributed by atoms with E-state index in [-0.39, 0.29) is 26.9 Å². The summed E-state index contributed by atoms with van der Waals surface area (Å²) in [6.45, 7) is 0. The predicted molar refractivity (Wildman–Crippen MR) is 385 cm³/mol. The summed E-state index contributed by atoms with van der Waals surface area (Å²) < 4.78 is 0.826. The Bertz CT molecular complexity index is 3400. The zero-order valence-electron chi connectivity index (χ0n) is 45.1. The van der Waals surface area contributed by atoms with Crippen molar-refractivity contribution in [2.24, 2.45) is 0 Å². The molecule has 0 fully saturated rings. The van der Waals surface area contributed by atoms with Crippen molar-refractivity contribution in [3.05, 3.63) is 317 Å². The van der Waals surface area contributed by atoms with E-state index in [2.05, 4.69) is 198 Å². The fraction of sp³-hybridized carbons (Fsp3) is 0. The van der Waals surface area contributed by atoms with E-state index in [0.29, 0.717) is 45.2 Å². The first-order valence-electron chi connectivity index (χ1n) is 25.7. The van der Waals surface area contributed by atoms with Gasteiger partial charge >= 0.3 is 49.2 Å². The van der Waals surface area contributed by atoms with Crippen LogP contribution in [0.2, 0.25) is 45.2 Å². The number of halogens is 12. The molecule has 0 atom stereocenters. The Kier molecular flexibility index (Phi) is 32.1. The van der Waals surface area contributed by atoms with Crippen molar-refractivity contribution in [1.29, 1.82) is 0 Å². The molecule has 0 aliphatic rings. The van der Waals surface area contributed by atoms with Gasteiger partial charge in [-0.15, -0.1) is 0 Å². The van der Waals surface area contributed by atoms with Crippen LogP contribution in [0.25, 0.3) is 22.3 Å². The Morgan fingerprint density at radius 1 is 0.276 bits per heavy atom. The first-order valence-corrected chi connectivity index (χ1v) is 36.5. The number of hydrogen-bond acceptors (Lipinski definition) is 4. The van der Waals surface area contributed by atoms with Gasteiger partial charge in [-0.05, 0) is 123 Å². The van der Waals surface area contributed by atoms with Gasteiger partial charge in [0.2, 0.25) is 0 Å². The first-order chi connectivity index (χ1) is 41.9. The second kappa shape index (κ2) is 38.4. The zero-order valence-corrected chi connectivity index (χ0v) is 58.3. The number of benzene rings is 11. The maximum Gasteiger partial charge on any atom is -0.0134 e. The number of rotatable bonds is 10. The molecule has 446 valence electrons. The molecule has 11 aromatic rings. The maximum atomic E-state index is 8.72. The molecule has 4 nitrogen and oxygen atoms in total. The first kappa shape index (κ1) is 72.6. The molecule has 0 aliphatic carbocycles. The molecule has 11 aromatic carbocycles. The molecule has 0 aliphatic heterocycles. The predicted octanol–water partition coefficient (Wildman–Crippen LogP) is 18.7. The standard InChI is InChI=1S/C18H8Cl6.2C18H15P.C6H8B2O4.C6H2BrCl3.2ClH.Pd/c19-13-5-11(6-14(20)17(13)23)9-2-1-3-10(4-9)12-7-15(21)18(24)16(22)8-12;2*1-4-10-16(11-5-1)19(17-12-6-2-7-13-17)18-14-8-3-9-15-18;9-7(10)5-2-1-3-6(4-5)8(11)12;7-3-1-4(8)6(10)5(9)2-3;;;/h1-8H;2*1-15H;1-4,9-12H;1-2H;2*1H;/q;;;;;;;+2/p-2. The maximum absolute atomic E-state index is 8.72. The van der Waals surface area contributed by atoms with E-state index >= 15 is 0 Å². The van der Waals surface area contributed by atoms with Crippen LogP contribution in [0, 0.1) is 0 Å². The van der Waals surface area contributed by atoms with E-state index < -0.39 is 30.1 Å². The Hall–Kier alpha value is -3.42. The quantitative estimate of drug-likeness (QED) is 0.0476. The summed E-state index contributed by atoms with van der Waals surface area (Å²) in [6, 6.07) is 88.8. The van der Waals surface area contributed by atoms with Crippen molar-refractivity contribution < 1.29 is 36.0 Å². The molecule has 4 N–H and O–H groups in total. The van der Waals surface area contributed by atoms with Gasteiger partial charge in [0.15, 0.2) is 0 Å². The third kappa shape index (κ3) is 23.0. The molecule has 0 saturated carbocycles. The van der Waals surface area contributed by atoms with Crippen LogP contribution < -0.4 is 42.8 Å². The van der Waals surface area contributed by atoms with E-state index in [0.717, 1.165) is 26.7 Å². The van der Waals surface area contributed by atoms with Crippen molar-refractivity contribution in [3.63, 3.8) is 0 Å². The fourth-order valence-electron chi connectivity index (χ4n) is 8.08. The minimum Gasteiger partial charge on any atom is -0.0622 e. The van der Waals surface area contributed by atoms with Gasteiger partial charge in [0, 0.05) is 4.47 Å². The summed E-state index contributed by atoms with van der Waals surface area (Å²) in [5, 5.41) is 46.9. The van der Waals surface area contributed by atoms with Crippen LogP contribution in [-0.4, -0.2) is 34.3 Å². The Balaban J connectivity index is 0.000000177. The van der Waals surface area contributed by atoms with Crippen LogP contribution in [0.1, 0.15) is 0 Å². The van der Waals surface area contributed by atoms with Gasteiger partial charge in [-0.1, -0.05) is 345 Å². The van der Waals surface area contributed by atoms with Gasteiger partial charge < -0.3 is 20.1 Å². The van der Waals surface area contributed by atoms with Crippen LogP contribution in [0.15, 0.2) is 271 Å². The van der Waals surface area contributed by atoms with Crippen molar-refractivity contribution in [2.45, 2.75) is 0 Å². The Morgan fingerprint density at radius 2 is 0.494 bits per heavy atom. The van der Waals surface area contributed by atoms with Gasteiger partial charge in [0.25, 0.3) is 0 Å². The molecule has 21 heteroatoms. The van der Waals surface area contributed by atoms with E-state index in [4.69, 9.17) is 144 Å². The van der Waals surface area contributed by atoms with E-state index in [1.54, 1.807) is 36.4 Å². The third-order valence-corrected chi connectivity index (χ3v) is 21.0. The molecule has 0 heterocycles. The average molecular weight is 1560 g/mol. The van der Waals surface area contributed by atoms with Crippen LogP contribution in [-0.2, 0) is 15.9 Å². The fourth-order valence-corrected chi connectivity index (χ4v) is 15.2. The molecule has 11 rings (SSSR count). The minimum atomic E-state index is -1.58. The van der Waals surface area contributed by atoms with Crippen molar-refractivity contribution in [2.75, 3.05) is 0 Å². The molecule has 0 radical (unpaired) electrons. The molecule has 0 saturated heterocycles. The Morgan fingerprint density at radius 3 is 0.724 bits per heavy atom. The molecular weight excluding hydrogens is 1520 g/mol. The molecule has 0 unspecified atom stereocenters. The van der Waals surface area contributed by atoms with Crippen LogP contribution in [0.4, 0.5) is 0 Å². The van der Waals surface area contributed by atoms with Crippen LogP contribution in [0.3, 0.4) is 0 Å². The van der Waals surface area contributed by atoms with E-state index in [1.165, 1.54) is 56.1 Å². The smallest absolute Gasteiger partial charge is 0.0134 e. The van der Waals surface area contributed by atoms with Crippen LogP contribution >= 0.6 is 155 Å². The molecule has 87 heavy (non-hydrogen) atoms. The summed E-state index contributed by atoms with van der Waals surface area (Å²) in [4.78, 5) is 0. The summed E-state index contributed by atoms with van der Waals surface area (Å²) in [5.74, 6) is 0. The largest absolute Gasteiger partial charge is 0.0622 e. The summed E-state index contributed by atoms with van der Waals surface area (Å²) in [7, 11) is 5.58. The third-order valence-electron chi connectivity index (χ3n) is 12.0. The van der Waals surface area contributed by atoms with Gasteiger partial charge in [-0.2, -0.15) is 0 Å². The SMILES string of the molecule is Clc1cc(-c2cccc(-c3cc(Cl)c(Cl)c(Cl)c3)c2)cc(Cl)c1Cl.Clc1cc(Br)cc(Cl)c1Cl.OB(O)c1cccc(B(O)O)c1.[Cl][Pd][Cl].c1ccc(P(c2ccccc2)c2ccccc2)cc1.c1ccc(P(c2ccccc2)c2ccccc2)cc1. The van der Waals surface area contributed by atoms with Gasteiger partial charge in [-0.25, -0.2) is 0 Å². The monoisotopic (exact) mass is 1560 g/mol. The van der Waals surface area contributed by atoms with E-state index in [1.807, 2.05) is 24.3 Å². The van der Waals surface area contributed by atoms with E-state index in [9.17, 15) is 0 Å². The minimum absolute atomic E-state index is 0.106. The number of hydrogen-bond donors (Lipinski definition) is 4. The second-order valence-corrected chi connectivity index (χ2v) is 29.2. The van der Waals surface area contributed by atoms with Gasteiger partial charge in [-0.3, -0.25) is 0 Å². The molecular formula is C66H48B2BrCl11O4P2Pd. The summed E-state index contributed by atoms with van der Waals surface area (Å²) in [6.07, 6.45) is 0. The summed E-state index contributed by atoms with van der Waals surface area (Å²) >= 11 is 56.6. The topological polar surface area (TPSA) is 80.9 Å². The molecule has 0 spiro atoms. The van der Waals surface area contributed by atoms with Gasteiger partial charge in [0.05, 0.1) is 45.2 Å². The average Bonchev–Trinajstić information content (AvgIpc) is 2.74. The normalized spacial score (nSPS) is 10.4. The van der Waals surface area contributed by atoms with Crippen LogP contribution in [0.5, 0.6) is 0 Å². The molecule has 0 bridgehead atoms. The van der Waals surface area contributed by atoms with Crippen molar-refractivity contribution in [1.82, 2.24) is 0 Å². The summed E-state index contributed by atoms with van der Waals surface area (Å²) in [5.41, 5.74) is 4.08. The molecule has 0 amide bonds.